The molecule has 0 radical (unpaired) electrons. The van der Waals surface area contributed by atoms with E-state index in [9.17, 15) is 4.79 Å². The number of hydrogen-bond acceptors (Lipinski definition) is 3. The molecule has 0 saturated carbocycles. The summed E-state index contributed by atoms with van der Waals surface area (Å²) < 4.78 is 0. The van der Waals surface area contributed by atoms with Gasteiger partial charge in [-0.15, -0.1) is 12.4 Å². The van der Waals surface area contributed by atoms with Gasteiger partial charge in [0, 0.05) is 16.8 Å². The Labute approximate surface area is 137 Å². The Morgan fingerprint density at radius 2 is 2.10 bits per heavy atom. The summed E-state index contributed by atoms with van der Waals surface area (Å²) in [5.74, 6) is 0.0106. The lowest BCUT2D eigenvalue weighted by atomic mass is 10.1. The topological polar surface area (TPSA) is 44.4 Å². The van der Waals surface area contributed by atoms with Gasteiger partial charge in [-0.2, -0.15) is 0 Å². The molecule has 21 heavy (non-hydrogen) atoms. The van der Waals surface area contributed by atoms with Gasteiger partial charge in [-0.1, -0.05) is 17.7 Å². The maximum absolute atomic E-state index is 12.1. The van der Waals surface area contributed by atoms with Gasteiger partial charge in [-0.3, -0.25) is 9.69 Å². The van der Waals surface area contributed by atoms with Crippen molar-refractivity contribution in [2.24, 2.45) is 0 Å². The molecular weight excluding hydrogens is 309 g/mol. The number of halogens is 2. The third kappa shape index (κ3) is 5.15. The molecule has 0 atom stereocenters. The Morgan fingerprint density at radius 1 is 1.43 bits per heavy atom. The van der Waals surface area contributed by atoms with E-state index in [4.69, 9.17) is 11.6 Å². The molecular formula is C15H23Cl2N3O. The van der Waals surface area contributed by atoms with E-state index in [2.05, 4.69) is 15.5 Å². The molecule has 0 aromatic heterocycles. The van der Waals surface area contributed by atoms with Crippen LogP contribution in [0.1, 0.15) is 18.4 Å². The Balaban J connectivity index is 0.00000220. The van der Waals surface area contributed by atoms with E-state index in [1.807, 2.05) is 32.2 Å². The number of amides is 1. The summed E-state index contributed by atoms with van der Waals surface area (Å²) in [6, 6.07) is 6.04. The van der Waals surface area contributed by atoms with E-state index in [0.29, 0.717) is 17.6 Å². The number of nitrogens with zero attached hydrogens (tertiary/aromatic N) is 1. The minimum Gasteiger partial charge on any atom is -0.325 e. The number of carbonyl (C=O) groups is 1. The standard InChI is InChI=1S/C15H22ClN3O.ClH/c1-11-13(16)4-3-5-14(11)18-15(20)10-19(2)12-6-8-17-9-7-12;/h3-5,12,17H,6-10H2,1-2H3,(H,18,20);1H. The van der Waals surface area contributed by atoms with Crippen molar-refractivity contribution < 1.29 is 4.79 Å². The van der Waals surface area contributed by atoms with Crippen LogP contribution in [0.15, 0.2) is 18.2 Å². The summed E-state index contributed by atoms with van der Waals surface area (Å²) in [6.07, 6.45) is 2.19. The molecule has 2 rings (SSSR count). The van der Waals surface area contributed by atoms with Gasteiger partial charge in [0.05, 0.1) is 6.54 Å². The van der Waals surface area contributed by atoms with Gasteiger partial charge in [-0.25, -0.2) is 0 Å². The van der Waals surface area contributed by atoms with Crippen LogP contribution in [0.4, 0.5) is 5.69 Å². The van der Waals surface area contributed by atoms with Crippen LogP contribution in [-0.2, 0) is 4.79 Å². The summed E-state index contributed by atoms with van der Waals surface area (Å²) in [4.78, 5) is 14.3. The van der Waals surface area contributed by atoms with E-state index in [1.54, 1.807) is 0 Å². The van der Waals surface area contributed by atoms with Crippen molar-refractivity contribution >= 4 is 35.6 Å². The van der Waals surface area contributed by atoms with Crippen molar-refractivity contribution in [3.05, 3.63) is 28.8 Å². The van der Waals surface area contributed by atoms with Gasteiger partial charge in [0.15, 0.2) is 0 Å². The second kappa shape index (κ2) is 8.59. The molecule has 1 heterocycles. The summed E-state index contributed by atoms with van der Waals surface area (Å²) in [7, 11) is 2.01. The van der Waals surface area contributed by atoms with Crippen molar-refractivity contribution in [2.45, 2.75) is 25.8 Å². The molecule has 1 saturated heterocycles. The zero-order chi connectivity index (χ0) is 14.5. The molecule has 0 unspecified atom stereocenters. The molecule has 1 aliphatic heterocycles. The van der Waals surface area contributed by atoms with Gasteiger partial charge < -0.3 is 10.6 Å². The highest BCUT2D eigenvalue weighted by Crippen LogP contribution is 2.22. The fourth-order valence-corrected chi connectivity index (χ4v) is 2.71. The number of rotatable bonds is 4. The van der Waals surface area contributed by atoms with Crippen molar-refractivity contribution in [1.29, 1.82) is 0 Å². The Bertz CT molecular complexity index is 476. The predicted octanol–water partition coefficient (Wildman–Crippen LogP) is 2.69. The lowest BCUT2D eigenvalue weighted by molar-refractivity contribution is -0.117. The van der Waals surface area contributed by atoms with Crippen LogP contribution in [-0.4, -0.2) is 43.5 Å². The second-order valence-corrected chi connectivity index (χ2v) is 5.76. The zero-order valence-electron chi connectivity index (χ0n) is 12.5. The number of piperidine rings is 1. The molecule has 0 bridgehead atoms. The monoisotopic (exact) mass is 331 g/mol. The van der Waals surface area contributed by atoms with E-state index in [0.717, 1.165) is 37.2 Å². The lowest BCUT2D eigenvalue weighted by Crippen LogP contribution is -2.44. The number of benzene rings is 1. The SMILES string of the molecule is Cc1c(Cl)cccc1NC(=O)CN(C)C1CCNCC1.Cl. The molecule has 6 heteroatoms. The van der Waals surface area contributed by atoms with Crippen molar-refractivity contribution in [1.82, 2.24) is 10.2 Å². The molecule has 0 spiro atoms. The van der Waals surface area contributed by atoms with Crippen LogP contribution < -0.4 is 10.6 Å². The summed E-state index contributed by atoms with van der Waals surface area (Å²) >= 11 is 6.06. The highest BCUT2D eigenvalue weighted by atomic mass is 35.5. The Kier molecular flexibility index (Phi) is 7.46. The van der Waals surface area contributed by atoms with Crippen LogP contribution in [0.25, 0.3) is 0 Å². The molecule has 1 aliphatic rings. The molecule has 1 amide bonds. The number of nitrogens with one attached hydrogen (secondary N) is 2. The average molecular weight is 332 g/mol. The quantitative estimate of drug-likeness (QED) is 0.891. The van der Waals surface area contributed by atoms with Gasteiger partial charge in [0.2, 0.25) is 5.91 Å². The number of anilines is 1. The minimum atomic E-state index is 0. The van der Waals surface area contributed by atoms with Crippen LogP contribution in [0, 0.1) is 6.92 Å². The van der Waals surface area contributed by atoms with E-state index in [1.165, 1.54) is 0 Å². The number of carbonyl (C=O) groups excluding carboxylic acids is 1. The van der Waals surface area contributed by atoms with E-state index in [-0.39, 0.29) is 18.3 Å². The number of hydrogen-bond donors (Lipinski definition) is 2. The first-order valence-corrected chi connectivity index (χ1v) is 7.41. The van der Waals surface area contributed by atoms with Crippen molar-refractivity contribution in [2.75, 3.05) is 32.0 Å². The minimum absolute atomic E-state index is 0. The first-order chi connectivity index (χ1) is 9.58. The molecule has 1 aromatic carbocycles. The molecule has 2 N–H and O–H groups in total. The highest BCUT2D eigenvalue weighted by molar-refractivity contribution is 6.31. The summed E-state index contributed by atoms with van der Waals surface area (Å²) in [5, 5.41) is 6.95. The van der Waals surface area contributed by atoms with Crippen molar-refractivity contribution in [3.8, 4) is 0 Å². The third-order valence-electron chi connectivity index (χ3n) is 3.87. The van der Waals surface area contributed by atoms with Crippen LogP contribution in [0.2, 0.25) is 5.02 Å². The van der Waals surface area contributed by atoms with Gasteiger partial charge in [-0.05, 0) is 57.6 Å². The van der Waals surface area contributed by atoms with Gasteiger partial charge in [0.25, 0.3) is 0 Å². The second-order valence-electron chi connectivity index (χ2n) is 5.36. The predicted molar refractivity (Wildman–Crippen MR) is 90.6 cm³/mol. The highest BCUT2D eigenvalue weighted by Gasteiger charge is 2.19. The van der Waals surface area contributed by atoms with Gasteiger partial charge >= 0.3 is 0 Å². The normalized spacial score (nSPS) is 15.6. The first-order valence-electron chi connectivity index (χ1n) is 7.04. The van der Waals surface area contributed by atoms with E-state index < -0.39 is 0 Å². The fourth-order valence-electron chi connectivity index (χ4n) is 2.54. The lowest BCUT2D eigenvalue weighted by Gasteiger charge is -2.31. The van der Waals surface area contributed by atoms with E-state index >= 15 is 0 Å². The average Bonchev–Trinajstić information content (AvgIpc) is 2.45. The fraction of sp³-hybridized carbons (Fsp3) is 0.533. The van der Waals surface area contributed by atoms with Crippen LogP contribution in [0.5, 0.6) is 0 Å². The number of likely N-dealkylation sites (N-methyl/N-ethyl adjacent to an activating group) is 1. The molecule has 1 aromatic rings. The maximum atomic E-state index is 12.1. The molecule has 1 fully saturated rings. The molecule has 4 nitrogen and oxygen atoms in total. The molecule has 118 valence electrons. The van der Waals surface area contributed by atoms with Gasteiger partial charge in [0.1, 0.15) is 0 Å². The third-order valence-corrected chi connectivity index (χ3v) is 4.28. The first kappa shape index (κ1) is 18.2. The molecule has 0 aliphatic carbocycles. The maximum Gasteiger partial charge on any atom is 0.238 e. The Hall–Kier alpha value is -0.810. The zero-order valence-corrected chi connectivity index (χ0v) is 14.1. The summed E-state index contributed by atoms with van der Waals surface area (Å²) in [5.41, 5.74) is 1.70. The van der Waals surface area contributed by atoms with Crippen molar-refractivity contribution in [3.63, 3.8) is 0 Å². The van der Waals surface area contributed by atoms with Crippen LogP contribution in [0.3, 0.4) is 0 Å². The largest absolute Gasteiger partial charge is 0.325 e. The smallest absolute Gasteiger partial charge is 0.238 e. The summed E-state index contributed by atoms with van der Waals surface area (Å²) in [6.45, 7) is 4.39. The Morgan fingerprint density at radius 3 is 2.76 bits per heavy atom. The van der Waals surface area contributed by atoms with Crippen LogP contribution >= 0.6 is 24.0 Å².